The van der Waals surface area contributed by atoms with E-state index in [1.807, 2.05) is 19.4 Å². The van der Waals surface area contributed by atoms with E-state index >= 15 is 0 Å². The van der Waals surface area contributed by atoms with Gasteiger partial charge in [0.1, 0.15) is 0 Å². The predicted octanol–water partition coefficient (Wildman–Crippen LogP) is 2.92. The summed E-state index contributed by atoms with van der Waals surface area (Å²) in [6.45, 7) is 2.09. The van der Waals surface area contributed by atoms with Crippen molar-refractivity contribution in [1.29, 1.82) is 0 Å². The van der Waals surface area contributed by atoms with Crippen LogP contribution in [0.2, 0.25) is 0 Å². The first-order chi connectivity index (χ1) is 8.76. The van der Waals surface area contributed by atoms with Gasteiger partial charge in [0.25, 0.3) is 0 Å². The second-order valence-electron chi connectivity index (χ2n) is 4.57. The zero-order chi connectivity index (χ0) is 13.0. The number of nitrogens with one attached hydrogen (secondary N) is 1. The fourth-order valence-electron chi connectivity index (χ4n) is 2.28. The van der Waals surface area contributed by atoms with Crippen molar-refractivity contribution in [2.75, 3.05) is 14.2 Å². The number of hydrogen-bond acceptors (Lipinski definition) is 3. The highest BCUT2D eigenvalue weighted by Gasteiger charge is 2.15. The van der Waals surface area contributed by atoms with Crippen LogP contribution in [0.5, 0.6) is 0 Å². The quantitative estimate of drug-likeness (QED) is 0.878. The molecule has 2 rings (SSSR count). The summed E-state index contributed by atoms with van der Waals surface area (Å²) in [5.41, 5.74) is 1.31. The Bertz CT molecular complexity index is 507. The minimum Gasteiger partial charge on any atom is -0.382 e. The lowest BCUT2D eigenvalue weighted by molar-refractivity contribution is 0.101. The first kappa shape index (κ1) is 13.0. The van der Waals surface area contributed by atoms with Crippen LogP contribution in [0, 0.1) is 0 Å². The van der Waals surface area contributed by atoms with Crippen molar-refractivity contribution in [2.45, 2.75) is 25.5 Å². The van der Waals surface area contributed by atoms with Gasteiger partial charge in [-0.05, 0) is 37.4 Å². The Balaban J connectivity index is 2.38. The second-order valence-corrected chi connectivity index (χ2v) is 4.57. The third-order valence-electron chi connectivity index (χ3n) is 3.41. The van der Waals surface area contributed by atoms with Crippen molar-refractivity contribution in [3.05, 3.63) is 42.2 Å². The molecule has 0 saturated heterocycles. The van der Waals surface area contributed by atoms with Crippen LogP contribution in [-0.4, -0.2) is 25.2 Å². The second kappa shape index (κ2) is 5.94. The summed E-state index contributed by atoms with van der Waals surface area (Å²) in [4.78, 5) is 4.17. The lowest BCUT2D eigenvalue weighted by Gasteiger charge is -2.21. The van der Waals surface area contributed by atoms with E-state index < -0.39 is 0 Å². The molecule has 0 radical (unpaired) electrons. The van der Waals surface area contributed by atoms with E-state index in [-0.39, 0.29) is 6.10 Å². The Morgan fingerprint density at radius 2 is 2.17 bits per heavy atom. The van der Waals surface area contributed by atoms with E-state index in [4.69, 9.17) is 4.74 Å². The van der Waals surface area contributed by atoms with Crippen LogP contribution < -0.4 is 5.32 Å². The van der Waals surface area contributed by atoms with Crippen LogP contribution in [0.1, 0.15) is 24.9 Å². The van der Waals surface area contributed by atoms with E-state index in [0.29, 0.717) is 6.04 Å². The third-order valence-corrected chi connectivity index (χ3v) is 3.41. The van der Waals surface area contributed by atoms with Gasteiger partial charge in [0, 0.05) is 30.9 Å². The van der Waals surface area contributed by atoms with Crippen molar-refractivity contribution in [2.24, 2.45) is 0 Å². The van der Waals surface area contributed by atoms with Gasteiger partial charge in [0.2, 0.25) is 0 Å². The molecule has 18 heavy (non-hydrogen) atoms. The van der Waals surface area contributed by atoms with E-state index in [0.717, 1.165) is 6.42 Å². The van der Waals surface area contributed by atoms with E-state index in [1.54, 1.807) is 7.11 Å². The summed E-state index contributed by atoms with van der Waals surface area (Å²) in [7, 11) is 3.75. The molecule has 0 aliphatic heterocycles. The summed E-state index contributed by atoms with van der Waals surface area (Å²) in [6, 6.07) is 8.73. The van der Waals surface area contributed by atoms with Gasteiger partial charge in [-0.25, -0.2) is 0 Å². The van der Waals surface area contributed by atoms with Crippen LogP contribution in [0.3, 0.4) is 0 Å². The Hall–Kier alpha value is -1.45. The minimum absolute atomic E-state index is 0.236. The van der Waals surface area contributed by atoms with Gasteiger partial charge in [-0.3, -0.25) is 4.98 Å². The summed E-state index contributed by atoms with van der Waals surface area (Å²) in [6.07, 6.45) is 4.94. The number of nitrogens with zero attached hydrogens (tertiary/aromatic N) is 1. The maximum Gasteiger partial charge on any atom is 0.0561 e. The van der Waals surface area contributed by atoms with Gasteiger partial charge < -0.3 is 10.1 Å². The molecule has 0 aliphatic carbocycles. The number of ether oxygens (including phenoxy) is 1. The first-order valence-corrected chi connectivity index (χ1v) is 6.29. The molecule has 0 saturated carbocycles. The standard InChI is InChI=1S/C15H20N2O/c1-11(18-3)9-15(16-2)14-6-4-5-12-10-17-8-7-13(12)14/h4-8,10-11,15-16H,9H2,1-3H3. The molecule has 0 aliphatic rings. The van der Waals surface area contributed by atoms with E-state index in [9.17, 15) is 0 Å². The monoisotopic (exact) mass is 244 g/mol. The van der Waals surface area contributed by atoms with Gasteiger partial charge >= 0.3 is 0 Å². The Morgan fingerprint density at radius 3 is 2.89 bits per heavy atom. The van der Waals surface area contributed by atoms with Crippen LogP contribution in [-0.2, 0) is 4.74 Å². The SMILES string of the molecule is CNC(CC(C)OC)c1cccc2cnccc12. The highest BCUT2D eigenvalue weighted by Crippen LogP contribution is 2.26. The van der Waals surface area contributed by atoms with Crippen molar-refractivity contribution < 1.29 is 4.74 Å². The normalized spacial score (nSPS) is 14.6. The molecule has 0 bridgehead atoms. The van der Waals surface area contributed by atoms with Crippen LogP contribution in [0.25, 0.3) is 10.8 Å². The molecule has 0 spiro atoms. The largest absolute Gasteiger partial charge is 0.382 e. The average Bonchev–Trinajstić information content (AvgIpc) is 2.44. The summed E-state index contributed by atoms with van der Waals surface area (Å²) in [5.74, 6) is 0. The first-order valence-electron chi connectivity index (χ1n) is 6.29. The van der Waals surface area contributed by atoms with Crippen molar-refractivity contribution in [1.82, 2.24) is 10.3 Å². The maximum absolute atomic E-state index is 5.36. The maximum atomic E-state index is 5.36. The highest BCUT2D eigenvalue weighted by molar-refractivity contribution is 5.85. The fourth-order valence-corrected chi connectivity index (χ4v) is 2.28. The molecule has 1 heterocycles. The molecule has 0 amide bonds. The van der Waals surface area contributed by atoms with Crippen molar-refractivity contribution in [3.63, 3.8) is 0 Å². The van der Waals surface area contributed by atoms with E-state index in [1.165, 1.54) is 16.3 Å². The number of benzene rings is 1. The summed E-state index contributed by atoms with van der Waals surface area (Å²) in [5, 5.41) is 5.82. The summed E-state index contributed by atoms with van der Waals surface area (Å²) >= 11 is 0. The molecule has 2 atom stereocenters. The van der Waals surface area contributed by atoms with Gasteiger partial charge in [0.15, 0.2) is 0 Å². The lowest BCUT2D eigenvalue weighted by atomic mass is 9.96. The number of pyridine rings is 1. The van der Waals surface area contributed by atoms with Crippen LogP contribution in [0.15, 0.2) is 36.7 Å². The zero-order valence-corrected chi connectivity index (χ0v) is 11.2. The third kappa shape index (κ3) is 2.68. The molecule has 1 aromatic heterocycles. The molecular weight excluding hydrogens is 224 g/mol. The molecule has 3 heteroatoms. The Labute approximate surface area is 108 Å². The lowest BCUT2D eigenvalue weighted by Crippen LogP contribution is -2.22. The van der Waals surface area contributed by atoms with Crippen LogP contribution in [0.4, 0.5) is 0 Å². The molecule has 96 valence electrons. The van der Waals surface area contributed by atoms with Gasteiger partial charge in [-0.1, -0.05) is 18.2 Å². The number of aromatic nitrogens is 1. The average molecular weight is 244 g/mol. The predicted molar refractivity (Wildman–Crippen MR) is 74.6 cm³/mol. The molecule has 2 aromatic rings. The van der Waals surface area contributed by atoms with Gasteiger partial charge in [-0.2, -0.15) is 0 Å². The molecule has 1 N–H and O–H groups in total. The van der Waals surface area contributed by atoms with E-state index in [2.05, 4.69) is 41.5 Å². The number of rotatable bonds is 5. The van der Waals surface area contributed by atoms with Crippen LogP contribution >= 0.6 is 0 Å². The fraction of sp³-hybridized carbons (Fsp3) is 0.400. The number of methoxy groups -OCH3 is 1. The number of hydrogen-bond donors (Lipinski definition) is 1. The Morgan fingerprint density at radius 1 is 1.33 bits per heavy atom. The minimum atomic E-state index is 0.236. The number of fused-ring (bicyclic) bond motifs is 1. The zero-order valence-electron chi connectivity index (χ0n) is 11.2. The molecular formula is C15H20N2O. The topological polar surface area (TPSA) is 34.1 Å². The van der Waals surface area contributed by atoms with Crippen molar-refractivity contribution >= 4 is 10.8 Å². The smallest absolute Gasteiger partial charge is 0.0561 e. The Kier molecular flexibility index (Phi) is 4.28. The summed E-state index contributed by atoms with van der Waals surface area (Å²) < 4.78 is 5.36. The molecule has 0 fully saturated rings. The highest BCUT2D eigenvalue weighted by atomic mass is 16.5. The molecule has 3 nitrogen and oxygen atoms in total. The van der Waals surface area contributed by atoms with Crippen molar-refractivity contribution in [3.8, 4) is 0 Å². The molecule has 2 unspecified atom stereocenters. The molecule has 1 aromatic carbocycles. The van der Waals surface area contributed by atoms with Gasteiger partial charge in [-0.15, -0.1) is 0 Å². The van der Waals surface area contributed by atoms with Gasteiger partial charge in [0.05, 0.1) is 6.10 Å².